The van der Waals surface area contributed by atoms with Crippen LogP contribution in [0, 0.1) is 0 Å². The summed E-state index contributed by atoms with van der Waals surface area (Å²) in [7, 11) is 12.5. The molecule has 0 spiro atoms. The summed E-state index contributed by atoms with van der Waals surface area (Å²) in [6.45, 7) is 0. The van der Waals surface area contributed by atoms with Gasteiger partial charge in [-0.25, -0.2) is 24.3 Å². The molecule has 0 bridgehead atoms. The number of esters is 2. The molecule has 0 saturated carbocycles. The molecule has 21 heavy (non-hydrogen) atoms. The number of methoxy groups -OCH3 is 2. The number of hydrogen-bond donors (Lipinski definition) is 0. The van der Waals surface area contributed by atoms with Crippen LogP contribution >= 0.6 is 18.6 Å². The van der Waals surface area contributed by atoms with Crippen LogP contribution in [0.2, 0.25) is 0 Å². The van der Waals surface area contributed by atoms with E-state index in [-0.39, 0.29) is 11.9 Å². The van der Waals surface area contributed by atoms with Crippen molar-refractivity contribution in [3.63, 3.8) is 0 Å². The zero-order chi connectivity index (χ0) is 16.1. The topological polar surface area (TPSA) is 52.6 Å². The SMILES string of the molecule is COC(=O)[c-]1cccc1.COC(=O)[c-]1cccc1.[Cl][Ti][Cl]. The summed E-state index contributed by atoms with van der Waals surface area (Å²) in [5.74, 6) is -0.556. The Kier molecular flexibility index (Phi) is 12.0. The Hall–Kier alpha value is -1.07. The van der Waals surface area contributed by atoms with E-state index < -0.39 is 17.0 Å². The Morgan fingerprint density at radius 2 is 1.05 bits per heavy atom. The molecule has 0 aromatic heterocycles. The first-order valence-electron chi connectivity index (χ1n) is 5.67. The predicted octanol–water partition coefficient (Wildman–Crippen LogP) is 3.76. The summed E-state index contributed by atoms with van der Waals surface area (Å²) in [5, 5.41) is 0. The first-order valence-corrected chi connectivity index (χ1v) is 9.96. The molecular formula is C14H14Cl2O4Ti-2. The summed E-state index contributed by atoms with van der Waals surface area (Å²) >= 11 is -0.556. The van der Waals surface area contributed by atoms with Crippen LogP contribution in [0.1, 0.15) is 20.7 Å². The van der Waals surface area contributed by atoms with E-state index in [1.807, 2.05) is 0 Å². The van der Waals surface area contributed by atoms with E-state index in [9.17, 15) is 9.59 Å². The summed E-state index contributed by atoms with van der Waals surface area (Å²) in [5.41, 5.74) is 1.22. The van der Waals surface area contributed by atoms with Crippen LogP contribution in [0.25, 0.3) is 0 Å². The molecule has 0 aliphatic carbocycles. The molecule has 2 aromatic carbocycles. The van der Waals surface area contributed by atoms with Crippen molar-refractivity contribution in [3.8, 4) is 0 Å². The fraction of sp³-hybridized carbons (Fsp3) is 0.143. The minimum absolute atomic E-state index is 0.278. The molecule has 0 N–H and O–H groups in total. The molecule has 0 saturated heterocycles. The summed E-state index contributed by atoms with van der Waals surface area (Å²) in [6, 6.07) is 14.0. The van der Waals surface area contributed by atoms with Gasteiger partial charge in [0.1, 0.15) is 0 Å². The van der Waals surface area contributed by atoms with Gasteiger partial charge in [0, 0.05) is 0 Å². The molecule has 0 fully saturated rings. The minimum atomic E-state index is -0.556. The number of hydrogen-bond acceptors (Lipinski definition) is 4. The van der Waals surface area contributed by atoms with Gasteiger partial charge in [-0.1, -0.05) is 11.1 Å². The fourth-order valence-electron chi connectivity index (χ4n) is 1.26. The van der Waals surface area contributed by atoms with Gasteiger partial charge in [0.25, 0.3) is 11.9 Å². The van der Waals surface area contributed by atoms with Gasteiger partial charge in [-0.15, -0.1) is 0 Å². The van der Waals surface area contributed by atoms with E-state index >= 15 is 0 Å². The maximum absolute atomic E-state index is 10.7. The van der Waals surface area contributed by atoms with E-state index in [0.29, 0.717) is 11.1 Å². The van der Waals surface area contributed by atoms with Crippen LogP contribution in [0.5, 0.6) is 0 Å². The maximum atomic E-state index is 10.7. The van der Waals surface area contributed by atoms with Crippen molar-refractivity contribution < 1.29 is 36.1 Å². The van der Waals surface area contributed by atoms with Crippen molar-refractivity contribution in [2.45, 2.75) is 0 Å². The van der Waals surface area contributed by atoms with E-state index in [0.717, 1.165) is 0 Å². The monoisotopic (exact) mass is 364 g/mol. The Bertz CT molecular complexity index is 449. The molecule has 0 atom stereocenters. The average Bonchev–Trinajstić information content (AvgIpc) is 3.19. The Balaban J connectivity index is 0.000000322. The van der Waals surface area contributed by atoms with Gasteiger partial charge >= 0.3 is 35.6 Å². The first kappa shape index (κ1) is 19.9. The second-order valence-electron chi connectivity index (χ2n) is 3.40. The molecule has 0 aliphatic heterocycles. The summed E-state index contributed by atoms with van der Waals surface area (Å²) in [4.78, 5) is 21.3. The second-order valence-corrected chi connectivity index (χ2v) is 5.98. The Morgan fingerprint density at radius 3 is 1.24 bits per heavy atom. The van der Waals surface area contributed by atoms with Crippen LogP contribution in [0.4, 0.5) is 0 Å². The van der Waals surface area contributed by atoms with Gasteiger partial charge in [0.05, 0.1) is 14.2 Å². The third-order valence-corrected chi connectivity index (χ3v) is 2.17. The second kappa shape index (κ2) is 12.7. The molecule has 4 nitrogen and oxygen atoms in total. The van der Waals surface area contributed by atoms with Crippen molar-refractivity contribution in [1.29, 1.82) is 0 Å². The number of ether oxygens (including phenoxy) is 2. The van der Waals surface area contributed by atoms with Crippen molar-refractivity contribution in [2.75, 3.05) is 14.2 Å². The average molecular weight is 365 g/mol. The van der Waals surface area contributed by atoms with Crippen molar-refractivity contribution in [3.05, 3.63) is 59.7 Å². The standard InChI is InChI=1S/2C7H7O2.2ClH.Ti/c2*1-9-7(8)6-4-2-3-5-6;;;/h2*2-5H,1H3;2*1H;/q2*-1;;;+2/p-2. The number of halogens is 2. The Labute approximate surface area is 140 Å². The van der Waals surface area contributed by atoms with Gasteiger partial charge in [0.15, 0.2) is 0 Å². The van der Waals surface area contributed by atoms with Gasteiger partial charge in [-0.05, 0) is 0 Å². The predicted molar refractivity (Wildman–Crippen MR) is 78.5 cm³/mol. The van der Waals surface area contributed by atoms with Crippen LogP contribution in [-0.2, 0) is 26.5 Å². The quantitative estimate of drug-likeness (QED) is 0.462. The third-order valence-electron chi connectivity index (χ3n) is 2.17. The number of carbonyl (C=O) groups is 2. The van der Waals surface area contributed by atoms with E-state index in [2.05, 4.69) is 9.47 Å². The van der Waals surface area contributed by atoms with Crippen molar-refractivity contribution in [2.24, 2.45) is 0 Å². The molecule has 2 rings (SSSR count). The van der Waals surface area contributed by atoms with Gasteiger partial charge < -0.3 is 9.47 Å². The number of carbonyl (C=O) groups excluding carboxylic acids is 2. The molecule has 114 valence electrons. The van der Waals surface area contributed by atoms with Gasteiger partial charge in [0.2, 0.25) is 0 Å². The third kappa shape index (κ3) is 8.73. The van der Waals surface area contributed by atoms with Gasteiger partial charge in [-0.2, -0.15) is 24.3 Å². The zero-order valence-corrected chi connectivity index (χ0v) is 14.6. The molecular weight excluding hydrogens is 351 g/mol. The summed E-state index contributed by atoms with van der Waals surface area (Å²) in [6.07, 6.45) is 0. The van der Waals surface area contributed by atoms with E-state index in [4.69, 9.17) is 18.6 Å². The van der Waals surface area contributed by atoms with Crippen LogP contribution < -0.4 is 0 Å². The molecule has 2 aromatic rings. The number of rotatable bonds is 2. The van der Waals surface area contributed by atoms with Crippen molar-refractivity contribution in [1.82, 2.24) is 0 Å². The molecule has 0 radical (unpaired) electrons. The molecule has 0 heterocycles. The summed E-state index contributed by atoms with van der Waals surface area (Å²) < 4.78 is 8.91. The Morgan fingerprint density at radius 1 is 0.810 bits per heavy atom. The van der Waals surface area contributed by atoms with Crippen LogP contribution in [-0.4, -0.2) is 26.2 Å². The van der Waals surface area contributed by atoms with Crippen LogP contribution in [0.3, 0.4) is 0 Å². The molecule has 0 amide bonds. The fourth-order valence-corrected chi connectivity index (χ4v) is 1.26. The van der Waals surface area contributed by atoms with Gasteiger partial charge in [-0.3, -0.25) is 9.59 Å². The normalized spacial score (nSPS) is 8.38. The van der Waals surface area contributed by atoms with E-state index in [1.54, 1.807) is 48.5 Å². The first-order chi connectivity index (χ1) is 10.1. The van der Waals surface area contributed by atoms with E-state index in [1.165, 1.54) is 14.2 Å². The molecule has 7 heteroatoms. The zero-order valence-electron chi connectivity index (χ0n) is 11.5. The molecule has 0 unspecified atom stereocenters. The van der Waals surface area contributed by atoms with Crippen LogP contribution in [0.15, 0.2) is 48.5 Å². The molecule has 0 aliphatic rings. The van der Waals surface area contributed by atoms with Crippen molar-refractivity contribution >= 4 is 30.5 Å².